The summed E-state index contributed by atoms with van der Waals surface area (Å²) >= 11 is 0. The van der Waals surface area contributed by atoms with Crippen molar-refractivity contribution in [1.29, 1.82) is 0 Å². The van der Waals surface area contributed by atoms with E-state index in [1.807, 2.05) is 42.6 Å². The summed E-state index contributed by atoms with van der Waals surface area (Å²) in [6.45, 7) is 0. The summed E-state index contributed by atoms with van der Waals surface area (Å²) in [4.78, 5) is 15.8. The third-order valence-corrected chi connectivity index (χ3v) is 4.89. The number of anilines is 1. The number of carbonyl (C=O) groups excluding carboxylic acids is 1. The van der Waals surface area contributed by atoms with Crippen molar-refractivity contribution < 1.29 is 13.6 Å². The van der Waals surface area contributed by atoms with Gasteiger partial charge in [0.05, 0.1) is 23.0 Å². The van der Waals surface area contributed by atoms with E-state index in [2.05, 4.69) is 20.5 Å². The molecule has 1 amide bonds. The maximum atomic E-state index is 14.0. The van der Waals surface area contributed by atoms with Gasteiger partial charge < -0.3 is 10.3 Å². The molecule has 0 fully saturated rings. The summed E-state index contributed by atoms with van der Waals surface area (Å²) in [5, 5.41) is 11.4. The number of hydrogen-bond donors (Lipinski definition) is 3. The fourth-order valence-corrected chi connectivity index (χ4v) is 3.51. The minimum absolute atomic E-state index is 0.235. The fraction of sp³-hybridized carbons (Fsp3) is 0. The predicted molar refractivity (Wildman–Crippen MR) is 108 cm³/mol. The number of halogens is 2. The lowest BCUT2D eigenvalue weighted by molar-refractivity contribution is 0.102. The lowest BCUT2D eigenvalue weighted by Crippen LogP contribution is -2.14. The Morgan fingerprint density at radius 3 is 2.72 bits per heavy atom. The van der Waals surface area contributed by atoms with Crippen LogP contribution in [0.2, 0.25) is 0 Å². The normalized spacial score (nSPS) is 11.2. The maximum absolute atomic E-state index is 14.0. The van der Waals surface area contributed by atoms with Crippen LogP contribution >= 0.6 is 0 Å². The summed E-state index contributed by atoms with van der Waals surface area (Å²) in [7, 11) is 0. The zero-order valence-corrected chi connectivity index (χ0v) is 15.0. The van der Waals surface area contributed by atoms with E-state index in [1.165, 1.54) is 0 Å². The molecule has 7 heteroatoms. The third-order valence-electron chi connectivity index (χ3n) is 4.89. The molecule has 0 aliphatic carbocycles. The molecule has 3 N–H and O–H groups in total. The van der Waals surface area contributed by atoms with E-state index >= 15 is 0 Å². The molecule has 0 unspecified atom stereocenters. The van der Waals surface area contributed by atoms with Crippen molar-refractivity contribution in [3.8, 4) is 11.1 Å². The summed E-state index contributed by atoms with van der Waals surface area (Å²) in [5.41, 5.74) is 3.80. The van der Waals surface area contributed by atoms with E-state index in [4.69, 9.17) is 0 Å². The Morgan fingerprint density at radius 1 is 0.966 bits per heavy atom. The number of fused-ring (bicyclic) bond motifs is 2. The number of aromatic amines is 2. The molecule has 0 radical (unpaired) electrons. The third kappa shape index (κ3) is 2.93. The molecular weight excluding hydrogens is 374 g/mol. The Balaban J connectivity index is 1.61. The Morgan fingerprint density at radius 2 is 1.86 bits per heavy atom. The molecule has 3 aromatic carbocycles. The topological polar surface area (TPSA) is 73.6 Å². The van der Waals surface area contributed by atoms with Gasteiger partial charge in [0.1, 0.15) is 11.6 Å². The largest absolute Gasteiger partial charge is 0.361 e. The van der Waals surface area contributed by atoms with Crippen LogP contribution in [0.3, 0.4) is 0 Å². The first kappa shape index (κ1) is 17.1. The van der Waals surface area contributed by atoms with Crippen molar-refractivity contribution >= 4 is 33.4 Å². The minimum Gasteiger partial charge on any atom is -0.361 e. The number of benzene rings is 3. The van der Waals surface area contributed by atoms with Gasteiger partial charge in [-0.05, 0) is 47.5 Å². The average Bonchev–Trinajstić information content (AvgIpc) is 3.36. The van der Waals surface area contributed by atoms with Crippen molar-refractivity contribution in [2.75, 3.05) is 5.32 Å². The zero-order chi connectivity index (χ0) is 20.0. The highest BCUT2D eigenvalue weighted by Gasteiger charge is 2.16. The summed E-state index contributed by atoms with van der Waals surface area (Å²) in [6, 6.07) is 14.5. The van der Waals surface area contributed by atoms with Crippen LogP contribution in [0.25, 0.3) is 32.9 Å². The predicted octanol–water partition coefficient (Wildman–Crippen LogP) is 5.24. The second-order valence-corrected chi connectivity index (χ2v) is 6.68. The first-order valence-electron chi connectivity index (χ1n) is 8.90. The molecule has 2 aromatic heterocycles. The maximum Gasteiger partial charge on any atom is 0.258 e. The van der Waals surface area contributed by atoms with E-state index in [9.17, 15) is 13.6 Å². The quantitative estimate of drug-likeness (QED) is 0.395. The number of amides is 1. The monoisotopic (exact) mass is 388 g/mol. The smallest absolute Gasteiger partial charge is 0.258 e. The first-order valence-corrected chi connectivity index (χ1v) is 8.90. The van der Waals surface area contributed by atoms with Crippen LogP contribution in [0.15, 0.2) is 67.0 Å². The van der Waals surface area contributed by atoms with Crippen molar-refractivity contribution in [2.24, 2.45) is 0 Å². The van der Waals surface area contributed by atoms with Crippen LogP contribution in [-0.4, -0.2) is 21.1 Å². The number of nitrogens with one attached hydrogen (secondary N) is 3. The molecule has 0 aliphatic rings. The molecule has 5 nitrogen and oxygen atoms in total. The van der Waals surface area contributed by atoms with Crippen LogP contribution in [0.4, 0.5) is 14.5 Å². The molecule has 0 saturated heterocycles. The molecule has 0 bridgehead atoms. The Kier molecular flexibility index (Phi) is 3.87. The summed E-state index contributed by atoms with van der Waals surface area (Å²) in [5.74, 6) is -2.32. The molecule has 29 heavy (non-hydrogen) atoms. The molecular formula is C22H14F2N4O. The van der Waals surface area contributed by atoms with Gasteiger partial charge in [0.15, 0.2) is 0 Å². The molecule has 5 rings (SSSR count). The number of aromatic nitrogens is 3. The number of H-pyrrole nitrogens is 2. The number of hydrogen-bond acceptors (Lipinski definition) is 2. The van der Waals surface area contributed by atoms with Crippen molar-refractivity contribution in [2.45, 2.75) is 0 Å². The Hall–Kier alpha value is -4.00. The van der Waals surface area contributed by atoms with Crippen molar-refractivity contribution in [1.82, 2.24) is 15.2 Å². The molecule has 5 aromatic rings. The first-order chi connectivity index (χ1) is 14.1. The van der Waals surface area contributed by atoms with Crippen LogP contribution < -0.4 is 5.32 Å². The van der Waals surface area contributed by atoms with Gasteiger partial charge in [-0.2, -0.15) is 5.10 Å². The van der Waals surface area contributed by atoms with Gasteiger partial charge in [-0.3, -0.25) is 9.89 Å². The van der Waals surface area contributed by atoms with Crippen LogP contribution in [-0.2, 0) is 0 Å². The van der Waals surface area contributed by atoms with Gasteiger partial charge >= 0.3 is 0 Å². The van der Waals surface area contributed by atoms with Gasteiger partial charge in [0.25, 0.3) is 5.91 Å². The molecule has 0 spiro atoms. The summed E-state index contributed by atoms with van der Waals surface area (Å²) in [6.07, 6.45) is 3.45. The van der Waals surface area contributed by atoms with E-state index in [-0.39, 0.29) is 5.56 Å². The molecule has 142 valence electrons. The highest BCUT2D eigenvalue weighted by molar-refractivity contribution is 6.10. The molecule has 0 aliphatic heterocycles. The van der Waals surface area contributed by atoms with Gasteiger partial charge in [-0.25, -0.2) is 8.78 Å². The standard InChI is InChI=1S/C22H14F2N4O/c23-13-4-5-16(18(24)10-13)22(29)27-20-8-12(9-21-17(20)11-26-28-21)14-2-1-3-19-15(14)6-7-25-19/h1-11,25H,(H,26,28)(H,27,29). The van der Waals surface area contributed by atoms with E-state index in [1.54, 1.807) is 6.20 Å². The SMILES string of the molecule is O=C(Nc1cc(-c2cccc3[nH]ccc23)cc2[nH]ncc12)c1ccc(F)cc1F. The summed E-state index contributed by atoms with van der Waals surface area (Å²) < 4.78 is 27.2. The number of nitrogens with zero attached hydrogens (tertiary/aromatic N) is 1. The second kappa shape index (κ2) is 6.56. The average molecular weight is 388 g/mol. The lowest BCUT2D eigenvalue weighted by atomic mass is 9.99. The fourth-order valence-electron chi connectivity index (χ4n) is 3.51. The van der Waals surface area contributed by atoms with Gasteiger partial charge in [0.2, 0.25) is 0 Å². The van der Waals surface area contributed by atoms with Crippen molar-refractivity contribution in [3.05, 3.63) is 84.2 Å². The Labute approximate surface area is 163 Å². The molecule has 0 atom stereocenters. The number of carbonyl (C=O) groups is 1. The van der Waals surface area contributed by atoms with Gasteiger partial charge in [-0.15, -0.1) is 0 Å². The minimum atomic E-state index is -0.917. The van der Waals surface area contributed by atoms with E-state index in [0.29, 0.717) is 17.1 Å². The van der Waals surface area contributed by atoms with Crippen LogP contribution in [0.1, 0.15) is 10.4 Å². The van der Waals surface area contributed by atoms with Gasteiger partial charge in [0, 0.05) is 28.6 Å². The molecule has 2 heterocycles. The second-order valence-electron chi connectivity index (χ2n) is 6.68. The van der Waals surface area contributed by atoms with Gasteiger partial charge in [-0.1, -0.05) is 12.1 Å². The molecule has 0 saturated carbocycles. The zero-order valence-electron chi connectivity index (χ0n) is 15.0. The highest BCUT2D eigenvalue weighted by Crippen LogP contribution is 2.34. The lowest BCUT2D eigenvalue weighted by Gasteiger charge is -2.11. The van der Waals surface area contributed by atoms with E-state index in [0.717, 1.165) is 39.7 Å². The number of rotatable bonds is 3. The highest BCUT2D eigenvalue weighted by atomic mass is 19.1. The Bertz CT molecular complexity index is 1390. The van der Waals surface area contributed by atoms with E-state index < -0.39 is 17.5 Å². The van der Waals surface area contributed by atoms with Crippen LogP contribution in [0.5, 0.6) is 0 Å². The van der Waals surface area contributed by atoms with Crippen LogP contribution in [0, 0.1) is 11.6 Å². The van der Waals surface area contributed by atoms with Crippen molar-refractivity contribution in [3.63, 3.8) is 0 Å².